The Labute approximate surface area is 144 Å². The van der Waals surface area contributed by atoms with Crippen molar-refractivity contribution < 1.29 is 13.9 Å². The number of aromatic amines is 1. The number of anilines is 1. The molecule has 0 bridgehead atoms. The second-order valence-corrected chi connectivity index (χ2v) is 5.62. The third-order valence-corrected chi connectivity index (χ3v) is 4.17. The van der Waals surface area contributed by atoms with Gasteiger partial charge in [0.15, 0.2) is 5.88 Å². The van der Waals surface area contributed by atoms with Crippen molar-refractivity contribution in [1.82, 2.24) is 4.98 Å². The lowest BCUT2D eigenvalue weighted by Crippen LogP contribution is -2.22. The first kappa shape index (κ1) is 17.0. The summed E-state index contributed by atoms with van der Waals surface area (Å²) in [5, 5.41) is 10.2. The van der Waals surface area contributed by atoms with Gasteiger partial charge in [0.2, 0.25) is 0 Å². The minimum Gasteiger partial charge on any atom is -0.494 e. The van der Waals surface area contributed by atoms with Gasteiger partial charge in [0.05, 0.1) is 22.5 Å². The molecule has 3 aromatic rings. The molecule has 1 aromatic heterocycles. The first-order chi connectivity index (χ1) is 12.0. The summed E-state index contributed by atoms with van der Waals surface area (Å²) in [6.07, 6.45) is 1.34. The fourth-order valence-electron chi connectivity index (χ4n) is 2.88. The second kappa shape index (κ2) is 6.93. The number of fused-ring (bicyclic) bond motifs is 1. The zero-order valence-corrected chi connectivity index (χ0v) is 14.1. The van der Waals surface area contributed by atoms with E-state index >= 15 is 0 Å². The van der Waals surface area contributed by atoms with Crippen LogP contribution in [0.1, 0.15) is 19.4 Å². The molecule has 0 aliphatic carbocycles. The lowest BCUT2D eigenvalue weighted by Gasteiger charge is -2.21. The molecule has 130 valence electrons. The van der Waals surface area contributed by atoms with Crippen molar-refractivity contribution in [2.75, 3.05) is 18.0 Å². The van der Waals surface area contributed by atoms with E-state index in [0.29, 0.717) is 30.0 Å². The fourth-order valence-corrected chi connectivity index (χ4v) is 2.88. The fraction of sp³-hybridized carbons (Fsp3) is 0.211. The molecule has 0 saturated carbocycles. The van der Waals surface area contributed by atoms with Crippen LogP contribution in [0.15, 0.2) is 41.4 Å². The molecule has 0 unspecified atom stereocenters. The Morgan fingerprint density at radius 1 is 1.12 bits per heavy atom. The Morgan fingerprint density at radius 3 is 2.56 bits per heavy atom. The van der Waals surface area contributed by atoms with Crippen LogP contribution in [0.5, 0.6) is 5.88 Å². The average molecular weight is 343 g/mol. The summed E-state index contributed by atoms with van der Waals surface area (Å²) in [7, 11) is 0. The van der Waals surface area contributed by atoms with Gasteiger partial charge in [-0.3, -0.25) is 4.99 Å². The maximum Gasteiger partial charge on any atom is 0.198 e. The van der Waals surface area contributed by atoms with Gasteiger partial charge in [-0.15, -0.1) is 0 Å². The van der Waals surface area contributed by atoms with Gasteiger partial charge in [0, 0.05) is 30.8 Å². The number of aromatic nitrogens is 1. The summed E-state index contributed by atoms with van der Waals surface area (Å²) in [5.41, 5.74) is 1.62. The van der Waals surface area contributed by atoms with E-state index in [1.54, 1.807) is 24.3 Å². The van der Waals surface area contributed by atoms with E-state index < -0.39 is 5.82 Å². The molecule has 6 heteroatoms. The van der Waals surface area contributed by atoms with Gasteiger partial charge in [-0.2, -0.15) is 0 Å². The normalized spacial score (nSPS) is 11.5. The molecule has 0 saturated heterocycles. The molecule has 0 spiro atoms. The molecule has 2 N–H and O–H groups in total. The van der Waals surface area contributed by atoms with Crippen LogP contribution in [0.4, 0.5) is 20.2 Å². The molecule has 3 rings (SSSR count). The van der Waals surface area contributed by atoms with Gasteiger partial charge in [0.25, 0.3) is 0 Å². The van der Waals surface area contributed by atoms with Crippen LogP contribution in [0.2, 0.25) is 0 Å². The first-order valence-corrected chi connectivity index (χ1v) is 8.12. The van der Waals surface area contributed by atoms with Crippen molar-refractivity contribution in [3.63, 3.8) is 0 Å². The highest BCUT2D eigenvalue weighted by Crippen LogP contribution is 2.29. The third-order valence-electron chi connectivity index (χ3n) is 4.17. The smallest absolute Gasteiger partial charge is 0.198 e. The minimum absolute atomic E-state index is 0.177. The second-order valence-electron chi connectivity index (χ2n) is 5.62. The Kier molecular flexibility index (Phi) is 4.70. The van der Waals surface area contributed by atoms with E-state index in [0.717, 1.165) is 0 Å². The van der Waals surface area contributed by atoms with Crippen LogP contribution in [0.3, 0.4) is 0 Å². The quantitative estimate of drug-likeness (QED) is 0.657. The van der Waals surface area contributed by atoms with E-state index in [1.165, 1.54) is 18.3 Å². The summed E-state index contributed by atoms with van der Waals surface area (Å²) in [4.78, 5) is 8.79. The molecule has 25 heavy (non-hydrogen) atoms. The lowest BCUT2D eigenvalue weighted by molar-refractivity contribution is 0.457. The monoisotopic (exact) mass is 343 g/mol. The lowest BCUT2D eigenvalue weighted by atomic mass is 10.1. The van der Waals surface area contributed by atoms with Crippen molar-refractivity contribution in [3.05, 3.63) is 53.6 Å². The Morgan fingerprint density at radius 2 is 1.88 bits per heavy atom. The number of aromatic hydroxyl groups is 1. The van der Waals surface area contributed by atoms with Crippen LogP contribution in [-0.2, 0) is 0 Å². The van der Waals surface area contributed by atoms with E-state index in [1.807, 2.05) is 18.7 Å². The molecular formula is C19H19F2N3O. The number of nitrogens with zero attached hydrogens (tertiary/aromatic N) is 2. The Balaban J connectivity index is 1.96. The van der Waals surface area contributed by atoms with Gasteiger partial charge >= 0.3 is 0 Å². The van der Waals surface area contributed by atoms with Crippen LogP contribution >= 0.6 is 0 Å². The molecule has 1 heterocycles. The molecule has 0 amide bonds. The number of aliphatic imine (C=N–C) groups is 1. The standard InChI is InChI=1S/C19H19F2N3O/c1-3-24(4-2)17-9-8-12(10-15(17)21)22-11-13-18-14(20)6-5-7-16(18)23-19(13)25/h5-11,23,25H,3-4H2,1-2H3. The van der Waals surface area contributed by atoms with Crippen molar-refractivity contribution in [1.29, 1.82) is 0 Å². The highest BCUT2D eigenvalue weighted by Gasteiger charge is 2.13. The van der Waals surface area contributed by atoms with Crippen molar-refractivity contribution >= 4 is 28.5 Å². The van der Waals surface area contributed by atoms with Gasteiger partial charge in [0.1, 0.15) is 11.6 Å². The van der Waals surface area contributed by atoms with Crippen LogP contribution in [-0.4, -0.2) is 29.4 Å². The molecular weight excluding hydrogens is 324 g/mol. The summed E-state index contributed by atoms with van der Waals surface area (Å²) in [6, 6.07) is 9.21. The van der Waals surface area contributed by atoms with Crippen molar-refractivity contribution in [2.24, 2.45) is 4.99 Å². The number of rotatable bonds is 5. The van der Waals surface area contributed by atoms with Crippen molar-refractivity contribution in [2.45, 2.75) is 13.8 Å². The molecule has 2 aromatic carbocycles. The van der Waals surface area contributed by atoms with Gasteiger partial charge in [-0.1, -0.05) is 6.07 Å². The number of H-pyrrole nitrogens is 1. The zero-order valence-electron chi connectivity index (χ0n) is 14.1. The van der Waals surface area contributed by atoms with Crippen LogP contribution in [0.25, 0.3) is 10.9 Å². The van der Waals surface area contributed by atoms with E-state index in [4.69, 9.17) is 0 Å². The van der Waals surface area contributed by atoms with Crippen molar-refractivity contribution in [3.8, 4) is 5.88 Å². The summed E-state index contributed by atoms with van der Waals surface area (Å²) < 4.78 is 28.3. The molecule has 0 aliphatic rings. The Bertz CT molecular complexity index is 930. The third kappa shape index (κ3) is 3.20. The largest absolute Gasteiger partial charge is 0.494 e. The van der Waals surface area contributed by atoms with E-state index in [2.05, 4.69) is 9.98 Å². The maximum atomic E-state index is 14.3. The number of halogens is 2. The number of hydrogen-bond donors (Lipinski definition) is 2. The van der Waals surface area contributed by atoms with Crippen LogP contribution in [0, 0.1) is 11.6 Å². The van der Waals surface area contributed by atoms with Gasteiger partial charge in [-0.25, -0.2) is 8.78 Å². The molecule has 0 aliphatic heterocycles. The highest BCUT2D eigenvalue weighted by atomic mass is 19.1. The summed E-state index contributed by atoms with van der Waals surface area (Å²) in [5.74, 6) is -1.00. The van der Waals surface area contributed by atoms with E-state index in [-0.39, 0.29) is 22.6 Å². The first-order valence-electron chi connectivity index (χ1n) is 8.12. The van der Waals surface area contributed by atoms with Gasteiger partial charge < -0.3 is 15.0 Å². The topological polar surface area (TPSA) is 51.6 Å². The molecule has 0 fully saturated rings. The predicted molar refractivity (Wildman–Crippen MR) is 97.1 cm³/mol. The van der Waals surface area contributed by atoms with Crippen LogP contribution < -0.4 is 4.90 Å². The van der Waals surface area contributed by atoms with E-state index in [9.17, 15) is 13.9 Å². The average Bonchev–Trinajstić information content (AvgIpc) is 2.92. The zero-order chi connectivity index (χ0) is 18.0. The predicted octanol–water partition coefficient (Wildman–Crippen LogP) is 4.75. The summed E-state index contributed by atoms with van der Waals surface area (Å²) >= 11 is 0. The SMILES string of the molecule is CCN(CC)c1ccc(N=Cc2c(O)[nH]c3cccc(F)c23)cc1F. The molecule has 0 atom stereocenters. The number of nitrogens with one attached hydrogen (secondary N) is 1. The van der Waals surface area contributed by atoms with Gasteiger partial charge in [-0.05, 0) is 38.1 Å². The summed E-state index contributed by atoms with van der Waals surface area (Å²) in [6.45, 7) is 5.34. The number of hydrogen-bond acceptors (Lipinski definition) is 3. The molecule has 0 radical (unpaired) electrons. The minimum atomic E-state index is -0.460. The number of benzene rings is 2. The Hall–Kier alpha value is -2.89. The molecule has 4 nitrogen and oxygen atoms in total. The highest BCUT2D eigenvalue weighted by molar-refractivity contribution is 6.02. The maximum absolute atomic E-state index is 14.3.